The molecule has 74 valence electrons. The molecule has 2 atom stereocenters. The monoisotopic (exact) mass is 172 g/mol. The number of nitrogens with two attached hydrogens (primary N) is 2. The van der Waals surface area contributed by atoms with Gasteiger partial charge in [0.25, 0.3) is 0 Å². The molecule has 0 aliphatic rings. The molecule has 0 heterocycles. The Kier molecular flexibility index (Phi) is 7.51. The van der Waals surface area contributed by atoms with Crippen molar-refractivity contribution in [1.29, 1.82) is 0 Å². The summed E-state index contributed by atoms with van der Waals surface area (Å²) in [7, 11) is 0. The summed E-state index contributed by atoms with van der Waals surface area (Å²) < 4.78 is 0. The molecule has 0 rings (SSSR count). The molecule has 2 heteroatoms. The van der Waals surface area contributed by atoms with Crippen LogP contribution >= 0.6 is 0 Å². The third-order valence-corrected chi connectivity index (χ3v) is 2.46. The zero-order valence-corrected chi connectivity index (χ0v) is 8.55. The van der Waals surface area contributed by atoms with Crippen molar-refractivity contribution in [2.45, 2.75) is 39.5 Å². The smallest absolute Gasteiger partial charge is 0.00515 e. The van der Waals surface area contributed by atoms with Crippen molar-refractivity contribution < 1.29 is 0 Å². The van der Waals surface area contributed by atoms with Gasteiger partial charge in [0.05, 0.1) is 0 Å². The quantitative estimate of drug-likeness (QED) is 0.614. The lowest BCUT2D eigenvalue weighted by Gasteiger charge is -2.11. The topological polar surface area (TPSA) is 52.0 Å². The van der Waals surface area contributed by atoms with E-state index in [9.17, 15) is 0 Å². The molecule has 0 bridgehead atoms. The first-order valence-corrected chi connectivity index (χ1v) is 5.10. The van der Waals surface area contributed by atoms with E-state index in [0.29, 0.717) is 5.92 Å². The second-order valence-electron chi connectivity index (χ2n) is 3.95. The van der Waals surface area contributed by atoms with Gasteiger partial charge >= 0.3 is 0 Å². The van der Waals surface area contributed by atoms with E-state index in [-0.39, 0.29) is 0 Å². The summed E-state index contributed by atoms with van der Waals surface area (Å²) >= 11 is 0. The fourth-order valence-corrected chi connectivity index (χ4v) is 1.36. The zero-order valence-electron chi connectivity index (χ0n) is 8.55. The van der Waals surface area contributed by atoms with E-state index >= 15 is 0 Å². The van der Waals surface area contributed by atoms with Gasteiger partial charge in [-0.05, 0) is 37.8 Å². The average molecular weight is 172 g/mol. The maximum atomic E-state index is 5.53. The molecule has 4 N–H and O–H groups in total. The van der Waals surface area contributed by atoms with Crippen molar-refractivity contribution in [3.63, 3.8) is 0 Å². The van der Waals surface area contributed by atoms with Crippen LogP contribution in [0.15, 0.2) is 0 Å². The second-order valence-corrected chi connectivity index (χ2v) is 3.95. The van der Waals surface area contributed by atoms with Gasteiger partial charge in [-0.3, -0.25) is 0 Å². The highest BCUT2D eigenvalue weighted by Crippen LogP contribution is 2.13. The van der Waals surface area contributed by atoms with Gasteiger partial charge in [0.15, 0.2) is 0 Å². The third-order valence-electron chi connectivity index (χ3n) is 2.46. The van der Waals surface area contributed by atoms with E-state index < -0.39 is 0 Å². The van der Waals surface area contributed by atoms with Crippen LogP contribution in [0.2, 0.25) is 0 Å². The Hall–Kier alpha value is -0.0800. The summed E-state index contributed by atoms with van der Waals surface area (Å²) in [6.07, 6.45) is 5.05. The summed E-state index contributed by atoms with van der Waals surface area (Å²) in [6.45, 7) is 6.15. The van der Waals surface area contributed by atoms with Crippen molar-refractivity contribution in [2.75, 3.05) is 13.1 Å². The van der Waals surface area contributed by atoms with Crippen molar-refractivity contribution >= 4 is 0 Å². The Morgan fingerprint density at radius 1 is 0.917 bits per heavy atom. The van der Waals surface area contributed by atoms with Crippen LogP contribution < -0.4 is 11.5 Å². The fourth-order valence-electron chi connectivity index (χ4n) is 1.36. The Balaban J connectivity index is 3.18. The summed E-state index contributed by atoms with van der Waals surface area (Å²) in [5.41, 5.74) is 11.0. The molecule has 0 aliphatic carbocycles. The lowest BCUT2D eigenvalue weighted by Crippen LogP contribution is -2.11. The van der Waals surface area contributed by atoms with E-state index in [0.717, 1.165) is 25.4 Å². The van der Waals surface area contributed by atoms with E-state index in [4.69, 9.17) is 11.5 Å². The zero-order chi connectivity index (χ0) is 9.40. The van der Waals surface area contributed by atoms with Crippen LogP contribution in [-0.2, 0) is 0 Å². The molecule has 0 saturated carbocycles. The van der Waals surface area contributed by atoms with E-state index in [1.54, 1.807) is 0 Å². The first-order valence-electron chi connectivity index (χ1n) is 5.10. The molecule has 2 nitrogen and oxygen atoms in total. The van der Waals surface area contributed by atoms with Crippen molar-refractivity contribution in [3.8, 4) is 0 Å². The fraction of sp³-hybridized carbons (Fsp3) is 1.00. The van der Waals surface area contributed by atoms with Gasteiger partial charge in [0, 0.05) is 0 Å². The van der Waals surface area contributed by atoms with Crippen molar-refractivity contribution in [3.05, 3.63) is 0 Å². The standard InChI is InChI=1S/C10H24N2/c1-9(6-7-11)4-3-5-10(2)8-12/h9-10H,3-8,11-12H2,1-2H3. The number of hydrogen-bond donors (Lipinski definition) is 2. The molecule has 0 aromatic carbocycles. The summed E-state index contributed by atoms with van der Waals surface area (Å²) in [6, 6.07) is 0. The van der Waals surface area contributed by atoms with Gasteiger partial charge in [-0.15, -0.1) is 0 Å². The van der Waals surface area contributed by atoms with Gasteiger partial charge in [-0.1, -0.05) is 26.7 Å². The highest BCUT2D eigenvalue weighted by Gasteiger charge is 2.02. The largest absolute Gasteiger partial charge is 0.330 e. The van der Waals surface area contributed by atoms with Crippen LogP contribution in [-0.4, -0.2) is 13.1 Å². The van der Waals surface area contributed by atoms with Crippen LogP contribution in [0.1, 0.15) is 39.5 Å². The normalized spacial score (nSPS) is 16.0. The van der Waals surface area contributed by atoms with Gasteiger partial charge in [0.1, 0.15) is 0 Å². The van der Waals surface area contributed by atoms with Crippen LogP contribution in [0.25, 0.3) is 0 Å². The van der Waals surface area contributed by atoms with E-state index in [2.05, 4.69) is 13.8 Å². The van der Waals surface area contributed by atoms with Crippen LogP contribution in [0.4, 0.5) is 0 Å². The van der Waals surface area contributed by atoms with Crippen molar-refractivity contribution in [2.24, 2.45) is 23.3 Å². The minimum atomic E-state index is 0.690. The SMILES string of the molecule is CC(CN)CCCC(C)CCN. The molecule has 0 spiro atoms. The second kappa shape index (κ2) is 7.56. The summed E-state index contributed by atoms with van der Waals surface area (Å²) in [5, 5.41) is 0. The molecular weight excluding hydrogens is 148 g/mol. The molecule has 0 aromatic rings. The Labute approximate surface area is 76.7 Å². The van der Waals surface area contributed by atoms with Crippen molar-refractivity contribution in [1.82, 2.24) is 0 Å². The minimum absolute atomic E-state index is 0.690. The van der Waals surface area contributed by atoms with Gasteiger partial charge in [-0.2, -0.15) is 0 Å². The Morgan fingerprint density at radius 2 is 1.50 bits per heavy atom. The van der Waals surface area contributed by atoms with Gasteiger partial charge < -0.3 is 11.5 Å². The van der Waals surface area contributed by atoms with Crippen LogP contribution in [0.3, 0.4) is 0 Å². The number of rotatable bonds is 7. The summed E-state index contributed by atoms with van der Waals surface area (Å²) in [4.78, 5) is 0. The highest BCUT2D eigenvalue weighted by molar-refractivity contribution is 4.57. The molecule has 0 amide bonds. The predicted octanol–water partition coefficient (Wildman–Crippen LogP) is 1.74. The molecule has 0 aromatic heterocycles. The van der Waals surface area contributed by atoms with E-state index in [1.807, 2.05) is 0 Å². The Morgan fingerprint density at radius 3 is 2.00 bits per heavy atom. The maximum absolute atomic E-state index is 5.53. The first kappa shape index (κ1) is 11.9. The maximum Gasteiger partial charge on any atom is -0.00515 e. The number of hydrogen-bond acceptors (Lipinski definition) is 2. The molecular formula is C10H24N2. The molecule has 0 fully saturated rings. The lowest BCUT2D eigenvalue weighted by atomic mass is 9.97. The Bertz CT molecular complexity index is 93.8. The lowest BCUT2D eigenvalue weighted by molar-refractivity contribution is 0.431. The molecule has 0 aliphatic heterocycles. The van der Waals surface area contributed by atoms with Crippen LogP contribution in [0, 0.1) is 11.8 Å². The minimum Gasteiger partial charge on any atom is -0.330 e. The highest BCUT2D eigenvalue weighted by atomic mass is 14.5. The third kappa shape index (κ3) is 6.62. The predicted molar refractivity (Wildman–Crippen MR) is 54.9 cm³/mol. The molecule has 0 radical (unpaired) electrons. The first-order chi connectivity index (χ1) is 5.70. The molecule has 0 saturated heterocycles. The van der Waals surface area contributed by atoms with Crippen LogP contribution in [0.5, 0.6) is 0 Å². The van der Waals surface area contributed by atoms with E-state index in [1.165, 1.54) is 19.3 Å². The molecule has 2 unspecified atom stereocenters. The molecule has 12 heavy (non-hydrogen) atoms. The van der Waals surface area contributed by atoms with Gasteiger partial charge in [0.2, 0.25) is 0 Å². The van der Waals surface area contributed by atoms with Gasteiger partial charge in [-0.25, -0.2) is 0 Å². The average Bonchev–Trinajstić information content (AvgIpc) is 2.04. The summed E-state index contributed by atoms with van der Waals surface area (Å²) in [5.74, 6) is 1.48.